The summed E-state index contributed by atoms with van der Waals surface area (Å²) in [5.74, 6) is -4.31. The molecule has 1 aliphatic rings. The quantitative estimate of drug-likeness (QED) is 0.815. The monoisotopic (exact) mass is 340 g/mol. The zero-order valence-electron chi connectivity index (χ0n) is 10.4. The van der Waals surface area contributed by atoms with Gasteiger partial charge in [0.15, 0.2) is 0 Å². The highest BCUT2D eigenvalue weighted by Crippen LogP contribution is 2.28. The molecule has 1 aliphatic heterocycles. The van der Waals surface area contributed by atoms with E-state index >= 15 is 0 Å². The molecule has 1 amide bonds. The average molecular weight is 340 g/mol. The highest BCUT2D eigenvalue weighted by molar-refractivity contribution is 7.93. The molecule has 11 heteroatoms. The number of nitrogens with zero attached hydrogens (tertiary/aromatic N) is 1. The van der Waals surface area contributed by atoms with Gasteiger partial charge < -0.3 is 5.32 Å². The lowest BCUT2D eigenvalue weighted by molar-refractivity contribution is -0.118. The van der Waals surface area contributed by atoms with Crippen molar-refractivity contribution in [3.63, 3.8) is 0 Å². The largest absolute Gasteiger partial charge is 0.341 e. The summed E-state index contributed by atoms with van der Waals surface area (Å²) in [6, 6.07) is 4.05. The van der Waals surface area contributed by atoms with Gasteiger partial charge in [-0.1, -0.05) is 12.1 Å². The predicted octanol–water partition coefficient (Wildman–Crippen LogP) is -0.239. The van der Waals surface area contributed by atoms with Gasteiger partial charge in [-0.25, -0.2) is 16.8 Å². The number of sulfonamides is 1. The van der Waals surface area contributed by atoms with Crippen LogP contribution < -0.4 is 5.32 Å². The van der Waals surface area contributed by atoms with Crippen LogP contribution in [-0.4, -0.2) is 46.0 Å². The molecule has 116 valence electrons. The van der Waals surface area contributed by atoms with E-state index in [4.69, 9.17) is 0 Å². The molecular formula is C10H10F2N2O5S2. The van der Waals surface area contributed by atoms with Crippen molar-refractivity contribution >= 4 is 25.8 Å². The Morgan fingerprint density at radius 3 is 2.14 bits per heavy atom. The Balaban J connectivity index is 2.58. The van der Waals surface area contributed by atoms with Crippen LogP contribution in [0.1, 0.15) is 0 Å². The van der Waals surface area contributed by atoms with Crippen LogP contribution in [0.4, 0.5) is 8.78 Å². The minimum atomic E-state index is -5.08. The van der Waals surface area contributed by atoms with Gasteiger partial charge in [-0.15, -0.1) is 0 Å². The van der Waals surface area contributed by atoms with Crippen LogP contribution >= 0.6 is 0 Å². The summed E-state index contributed by atoms with van der Waals surface area (Å²) in [5, 5.41) is 2.24. The maximum atomic E-state index is 12.6. The molecule has 0 aromatic heterocycles. The zero-order valence-corrected chi connectivity index (χ0v) is 12.0. The molecule has 1 aromatic carbocycles. The summed E-state index contributed by atoms with van der Waals surface area (Å²) >= 11 is 0. The first-order valence-corrected chi connectivity index (χ1v) is 8.54. The number of carbonyl (C=O) groups is 1. The molecule has 0 unspecified atom stereocenters. The van der Waals surface area contributed by atoms with E-state index in [1.165, 1.54) is 6.07 Å². The normalized spacial score (nSPS) is 17.2. The third-order valence-electron chi connectivity index (χ3n) is 2.78. The van der Waals surface area contributed by atoms with E-state index in [9.17, 15) is 30.4 Å². The molecule has 0 saturated carbocycles. The smallest absolute Gasteiger partial charge is 0.341 e. The van der Waals surface area contributed by atoms with Gasteiger partial charge in [0.25, 0.3) is 0 Å². The lowest BCUT2D eigenvalue weighted by atomic mass is 10.4. The maximum absolute atomic E-state index is 12.6. The minimum absolute atomic E-state index is 0.343. The number of sulfone groups is 1. The highest BCUT2D eigenvalue weighted by atomic mass is 32.2. The van der Waals surface area contributed by atoms with Crippen molar-refractivity contribution in [3.8, 4) is 0 Å². The lowest BCUT2D eigenvalue weighted by Gasteiger charge is -2.16. The number of halogens is 2. The topological polar surface area (TPSA) is 101 Å². The van der Waals surface area contributed by atoms with Crippen LogP contribution in [0.15, 0.2) is 34.1 Å². The molecule has 0 spiro atoms. The first-order chi connectivity index (χ1) is 9.67. The van der Waals surface area contributed by atoms with Crippen molar-refractivity contribution in [3.05, 3.63) is 24.3 Å². The summed E-state index contributed by atoms with van der Waals surface area (Å²) in [5.41, 5.74) is 0. The second-order valence-electron chi connectivity index (χ2n) is 4.13. The number of hydrogen-bond acceptors (Lipinski definition) is 5. The molecule has 1 saturated heterocycles. The van der Waals surface area contributed by atoms with E-state index in [0.29, 0.717) is 4.31 Å². The number of alkyl halides is 2. The molecule has 0 atom stereocenters. The van der Waals surface area contributed by atoms with Crippen molar-refractivity contribution in [2.45, 2.75) is 15.5 Å². The Kier molecular flexibility index (Phi) is 4.00. The lowest BCUT2D eigenvalue weighted by Crippen LogP contribution is -2.31. The molecule has 1 aromatic rings. The molecule has 1 N–H and O–H groups in total. The Labute approximate surface area is 119 Å². The van der Waals surface area contributed by atoms with Crippen molar-refractivity contribution in [1.82, 2.24) is 9.62 Å². The summed E-state index contributed by atoms with van der Waals surface area (Å²) in [4.78, 5) is 9.30. The third-order valence-corrected chi connectivity index (χ3v) is 6.20. The Morgan fingerprint density at radius 2 is 1.67 bits per heavy atom. The van der Waals surface area contributed by atoms with Gasteiger partial charge in [-0.2, -0.15) is 13.1 Å². The van der Waals surface area contributed by atoms with Crippen LogP contribution in [0.5, 0.6) is 0 Å². The molecule has 2 rings (SSSR count). The van der Waals surface area contributed by atoms with Gasteiger partial charge in [0.2, 0.25) is 25.8 Å². The van der Waals surface area contributed by atoms with Crippen LogP contribution in [0.3, 0.4) is 0 Å². The second kappa shape index (κ2) is 5.31. The number of rotatable bonds is 4. The fourth-order valence-electron chi connectivity index (χ4n) is 1.75. The molecule has 0 radical (unpaired) electrons. The van der Waals surface area contributed by atoms with Gasteiger partial charge in [0.1, 0.15) is 4.90 Å². The maximum Gasteiger partial charge on any atom is 0.341 e. The van der Waals surface area contributed by atoms with Crippen LogP contribution in [0, 0.1) is 0 Å². The fourth-order valence-corrected chi connectivity index (χ4v) is 4.60. The van der Waals surface area contributed by atoms with E-state index in [2.05, 4.69) is 5.32 Å². The number of amides is 1. The number of nitrogens with one attached hydrogen (secondary N) is 1. The Morgan fingerprint density at radius 1 is 1.10 bits per heavy atom. The van der Waals surface area contributed by atoms with Crippen molar-refractivity contribution in [2.75, 3.05) is 13.2 Å². The van der Waals surface area contributed by atoms with Gasteiger partial charge in [0, 0.05) is 0 Å². The Bertz CT molecular complexity index is 776. The molecule has 21 heavy (non-hydrogen) atoms. The van der Waals surface area contributed by atoms with E-state index < -0.39 is 47.9 Å². The predicted molar refractivity (Wildman–Crippen MR) is 66.5 cm³/mol. The summed E-state index contributed by atoms with van der Waals surface area (Å²) in [7, 11) is -9.46. The highest BCUT2D eigenvalue weighted by Gasteiger charge is 2.37. The van der Waals surface area contributed by atoms with E-state index in [0.717, 1.165) is 18.2 Å². The zero-order chi connectivity index (χ0) is 15.8. The van der Waals surface area contributed by atoms with E-state index in [1.54, 1.807) is 0 Å². The van der Waals surface area contributed by atoms with Gasteiger partial charge >= 0.3 is 5.76 Å². The van der Waals surface area contributed by atoms with Gasteiger partial charge in [-0.05, 0) is 12.1 Å². The molecule has 7 nitrogen and oxygen atoms in total. The molecular weight excluding hydrogens is 330 g/mol. The minimum Gasteiger partial charge on any atom is -0.341 e. The number of carbonyl (C=O) groups excluding carboxylic acids is 1. The van der Waals surface area contributed by atoms with Crippen molar-refractivity contribution in [2.24, 2.45) is 0 Å². The summed E-state index contributed by atoms with van der Waals surface area (Å²) < 4.78 is 73.7. The number of benzene rings is 1. The summed E-state index contributed by atoms with van der Waals surface area (Å²) in [6.45, 7) is -0.838. The van der Waals surface area contributed by atoms with E-state index in [-0.39, 0.29) is 6.67 Å². The number of hydrogen-bond donors (Lipinski definition) is 1. The second-order valence-corrected chi connectivity index (χ2v) is 7.92. The summed E-state index contributed by atoms with van der Waals surface area (Å²) in [6.07, 6.45) is 0. The van der Waals surface area contributed by atoms with Crippen molar-refractivity contribution in [1.29, 1.82) is 0 Å². The third kappa shape index (κ3) is 2.76. The molecule has 0 aliphatic carbocycles. The fraction of sp³-hybridized carbons (Fsp3) is 0.300. The average Bonchev–Trinajstić information content (AvgIpc) is 2.86. The molecule has 1 fully saturated rings. The standard InChI is InChI=1S/C10H10F2N2O5S2/c11-10(12)20(16,17)7-3-1-2-4-8(7)21(18,19)14-5-9(15)13-6-14/h1-4,10H,5-6H2,(H,13,15). The van der Waals surface area contributed by atoms with Crippen molar-refractivity contribution < 1.29 is 30.4 Å². The first kappa shape index (κ1) is 15.8. The molecule has 0 bridgehead atoms. The van der Waals surface area contributed by atoms with Crippen LogP contribution in [0.2, 0.25) is 0 Å². The SMILES string of the molecule is O=C1CN(S(=O)(=O)c2ccccc2S(=O)(=O)C(F)F)CN1. The Hall–Kier alpha value is -1.59. The van der Waals surface area contributed by atoms with Crippen LogP contribution in [0.25, 0.3) is 0 Å². The van der Waals surface area contributed by atoms with E-state index in [1.807, 2.05) is 0 Å². The molecule has 1 heterocycles. The van der Waals surface area contributed by atoms with Gasteiger partial charge in [-0.3, -0.25) is 4.79 Å². The van der Waals surface area contributed by atoms with Gasteiger partial charge in [0.05, 0.1) is 18.1 Å². The first-order valence-electron chi connectivity index (χ1n) is 5.55. The van der Waals surface area contributed by atoms with Crippen LogP contribution in [-0.2, 0) is 24.7 Å².